The van der Waals surface area contributed by atoms with Crippen LogP contribution in [0, 0.1) is 5.92 Å². The van der Waals surface area contributed by atoms with Crippen LogP contribution in [0.2, 0.25) is 0 Å². The molecule has 0 amide bonds. The van der Waals surface area contributed by atoms with Gasteiger partial charge < -0.3 is 5.32 Å². The van der Waals surface area contributed by atoms with Crippen molar-refractivity contribution in [1.29, 1.82) is 0 Å². The Bertz CT molecular complexity index is 274. The first-order chi connectivity index (χ1) is 9.36. The van der Waals surface area contributed by atoms with Crippen molar-refractivity contribution in [2.75, 3.05) is 13.1 Å². The molecule has 2 aliphatic carbocycles. The third-order valence-corrected chi connectivity index (χ3v) is 5.69. The van der Waals surface area contributed by atoms with Gasteiger partial charge >= 0.3 is 0 Å². The summed E-state index contributed by atoms with van der Waals surface area (Å²) >= 11 is 0. The van der Waals surface area contributed by atoms with Crippen molar-refractivity contribution in [1.82, 2.24) is 10.2 Å². The molecule has 19 heavy (non-hydrogen) atoms. The Kier molecular flexibility index (Phi) is 4.81. The van der Waals surface area contributed by atoms with Gasteiger partial charge in [-0.2, -0.15) is 0 Å². The lowest BCUT2D eigenvalue weighted by molar-refractivity contribution is 0.0572. The van der Waals surface area contributed by atoms with Gasteiger partial charge in [-0.05, 0) is 51.0 Å². The lowest BCUT2D eigenvalue weighted by Gasteiger charge is -2.44. The van der Waals surface area contributed by atoms with Gasteiger partial charge in [0.05, 0.1) is 0 Å². The van der Waals surface area contributed by atoms with Crippen LogP contribution >= 0.6 is 0 Å². The van der Waals surface area contributed by atoms with E-state index >= 15 is 0 Å². The maximum atomic E-state index is 3.78. The second-order valence-electron chi connectivity index (χ2n) is 7.16. The smallest absolute Gasteiger partial charge is 0.0223 e. The number of rotatable bonds is 5. The molecule has 2 saturated carbocycles. The Balaban J connectivity index is 1.55. The molecule has 3 atom stereocenters. The predicted octanol–water partition coefficient (Wildman–Crippen LogP) is 3.56. The van der Waals surface area contributed by atoms with Gasteiger partial charge in [-0.3, -0.25) is 4.90 Å². The largest absolute Gasteiger partial charge is 0.312 e. The van der Waals surface area contributed by atoms with Gasteiger partial charge in [-0.15, -0.1) is 0 Å². The summed E-state index contributed by atoms with van der Waals surface area (Å²) in [7, 11) is 0. The molecular formula is C17H32N2. The third-order valence-electron chi connectivity index (χ3n) is 5.69. The first kappa shape index (κ1) is 13.9. The van der Waals surface area contributed by atoms with E-state index in [-0.39, 0.29) is 0 Å². The third kappa shape index (κ3) is 3.72. The van der Waals surface area contributed by atoms with Crippen molar-refractivity contribution in [3.8, 4) is 0 Å². The van der Waals surface area contributed by atoms with E-state index in [9.17, 15) is 0 Å². The van der Waals surface area contributed by atoms with Crippen molar-refractivity contribution in [2.24, 2.45) is 5.92 Å². The molecule has 2 heteroatoms. The van der Waals surface area contributed by atoms with E-state index < -0.39 is 0 Å². The van der Waals surface area contributed by atoms with Crippen LogP contribution in [-0.2, 0) is 0 Å². The lowest BCUT2D eigenvalue weighted by atomic mass is 9.82. The Morgan fingerprint density at radius 2 is 1.89 bits per heavy atom. The van der Waals surface area contributed by atoms with Gasteiger partial charge in [0, 0.05) is 24.7 Å². The minimum atomic E-state index is 0.843. The van der Waals surface area contributed by atoms with Crippen molar-refractivity contribution in [2.45, 2.75) is 89.3 Å². The SMILES string of the molecule is CCC1CCCC(N2CCCCC2CNC2CC2)C1. The standard InChI is InChI=1S/C17H32N2/c1-2-14-6-5-8-16(12-14)19-11-4-3-7-17(19)13-18-15-9-10-15/h14-18H,2-13H2,1H3. The summed E-state index contributed by atoms with van der Waals surface area (Å²) < 4.78 is 0. The molecule has 0 radical (unpaired) electrons. The van der Waals surface area contributed by atoms with Crippen LogP contribution in [0.5, 0.6) is 0 Å². The minimum absolute atomic E-state index is 0.843. The maximum absolute atomic E-state index is 3.78. The first-order valence-corrected chi connectivity index (χ1v) is 8.86. The quantitative estimate of drug-likeness (QED) is 0.817. The molecule has 0 spiro atoms. The summed E-state index contributed by atoms with van der Waals surface area (Å²) in [4.78, 5) is 2.90. The van der Waals surface area contributed by atoms with Crippen LogP contribution < -0.4 is 5.32 Å². The number of likely N-dealkylation sites (tertiary alicyclic amines) is 1. The fraction of sp³-hybridized carbons (Fsp3) is 1.00. The molecule has 0 bridgehead atoms. The van der Waals surface area contributed by atoms with Crippen LogP contribution in [0.25, 0.3) is 0 Å². The van der Waals surface area contributed by atoms with E-state index in [1.165, 1.54) is 77.3 Å². The molecule has 3 rings (SSSR count). The monoisotopic (exact) mass is 264 g/mol. The van der Waals surface area contributed by atoms with E-state index in [1.54, 1.807) is 0 Å². The molecule has 3 aliphatic rings. The Hall–Kier alpha value is -0.0800. The number of nitrogens with one attached hydrogen (secondary N) is 1. The molecule has 0 aromatic rings. The van der Waals surface area contributed by atoms with Gasteiger partial charge in [0.2, 0.25) is 0 Å². The average Bonchev–Trinajstić information content (AvgIpc) is 3.30. The van der Waals surface area contributed by atoms with Gasteiger partial charge in [-0.25, -0.2) is 0 Å². The molecule has 1 heterocycles. The highest BCUT2D eigenvalue weighted by Crippen LogP contribution is 2.33. The summed E-state index contributed by atoms with van der Waals surface area (Å²) in [5, 5.41) is 3.78. The molecule has 0 aromatic carbocycles. The molecular weight excluding hydrogens is 232 g/mol. The normalized spacial score (nSPS) is 37.4. The molecule has 1 aliphatic heterocycles. The molecule has 2 nitrogen and oxygen atoms in total. The van der Waals surface area contributed by atoms with Crippen LogP contribution in [0.15, 0.2) is 0 Å². The lowest BCUT2D eigenvalue weighted by Crippen LogP contribution is -2.51. The summed E-state index contributed by atoms with van der Waals surface area (Å²) in [6.07, 6.45) is 14.5. The molecule has 3 fully saturated rings. The summed E-state index contributed by atoms with van der Waals surface area (Å²) in [6, 6.07) is 2.62. The summed E-state index contributed by atoms with van der Waals surface area (Å²) in [5.74, 6) is 1.01. The topological polar surface area (TPSA) is 15.3 Å². The van der Waals surface area contributed by atoms with E-state index in [4.69, 9.17) is 0 Å². The number of piperidine rings is 1. The van der Waals surface area contributed by atoms with E-state index in [2.05, 4.69) is 17.1 Å². The average molecular weight is 264 g/mol. The predicted molar refractivity (Wildman–Crippen MR) is 81.4 cm³/mol. The number of nitrogens with zero attached hydrogens (tertiary/aromatic N) is 1. The van der Waals surface area contributed by atoms with Crippen LogP contribution in [0.3, 0.4) is 0 Å². The molecule has 3 unspecified atom stereocenters. The fourth-order valence-electron chi connectivity index (χ4n) is 4.25. The maximum Gasteiger partial charge on any atom is 0.0223 e. The van der Waals surface area contributed by atoms with E-state index in [0.29, 0.717) is 0 Å². The van der Waals surface area contributed by atoms with Crippen molar-refractivity contribution < 1.29 is 0 Å². The van der Waals surface area contributed by atoms with Crippen LogP contribution in [0.4, 0.5) is 0 Å². The zero-order valence-electron chi connectivity index (χ0n) is 12.7. The van der Waals surface area contributed by atoms with Crippen molar-refractivity contribution in [3.05, 3.63) is 0 Å². The molecule has 0 aromatic heterocycles. The highest BCUT2D eigenvalue weighted by Gasteiger charge is 2.32. The zero-order valence-corrected chi connectivity index (χ0v) is 12.7. The Labute approximate surface area is 119 Å². The highest BCUT2D eigenvalue weighted by atomic mass is 15.2. The number of hydrogen-bond donors (Lipinski definition) is 1. The van der Waals surface area contributed by atoms with Crippen molar-refractivity contribution >= 4 is 0 Å². The first-order valence-electron chi connectivity index (χ1n) is 8.86. The van der Waals surface area contributed by atoms with Gasteiger partial charge in [0.15, 0.2) is 0 Å². The summed E-state index contributed by atoms with van der Waals surface area (Å²) in [6.45, 7) is 5.02. The van der Waals surface area contributed by atoms with Crippen LogP contribution in [-0.4, -0.2) is 36.1 Å². The van der Waals surface area contributed by atoms with Crippen molar-refractivity contribution in [3.63, 3.8) is 0 Å². The molecule has 110 valence electrons. The van der Waals surface area contributed by atoms with E-state index in [0.717, 1.165) is 24.0 Å². The summed E-state index contributed by atoms with van der Waals surface area (Å²) in [5.41, 5.74) is 0. The highest BCUT2D eigenvalue weighted by molar-refractivity contribution is 4.90. The second kappa shape index (κ2) is 6.58. The van der Waals surface area contributed by atoms with Gasteiger partial charge in [-0.1, -0.05) is 32.6 Å². The molecule has 1 saturated heterocycles. The zero-order chi connectivity index (χ0) is 13.1. The van der Waals surface area contributed by atoms with Gasteiger partial charge in [0.25, 0.3) is 0 Å². The second-order valence-corrected chi connectivity index (χ2v) is 7.16. The van der Waals surface area contributed by atoms with E-state index in [1.807, 2.05) is 0 Å². The minimum Gasteiger partial charge on any atom is -0.312 e. The number of hydrogen-bond acceptors (Lipinski definition) is 2. The fourth-order valence-corrected chi connectivity index (χ4v) is 4.25. The van der Waals surface area contributed by atoms with Crippen LogP contribution in [0.1, 0.15) is 71.1 Å². The molecule has 1 N–H and O–H groups in total. The Morgan fingerprint density at radius 3 is 2.68 bits per heavy atom. The van der Waals surface area contributed by atoms with Gasteiger partial charge in [0.1, 0.15) is 0 Å². The Morgan fingerprint density at radius 1 is 1.00 bits per heavy atom.